The van der Waals surface area contributed by atoms with Gasteiger partial charge in [0, 0.05) is 14.2 Å². The molecule has 1 saturated heterocycles. The number of nitrogens with one attached hydrogen (secondary N) is 1. The van der Waals surface area contributed by atoms with E-state index in [-0.39, 0.29) is 5.75 Å². The van der Waals surface area contributed by atoms with Crippen LogP contribution in [-0.2, 0) is 25.2 Å². The van der Waals surface area contributed by atoms with E-state index in [1.54, 1.807) is 12.1 Å². The van der Waals surface area contributed by atoms with E-state index in [2.05, 4.69) is 5.32 Å². The van der Waals surface area contributed by atoms with E-state index in [4.69, 9.17) is 9.47 Å². The third-order valence-corrected chi connectivity index (χ3v) is 5.05. The number of benzene rings is 1. The summed E-state index contributed by atoms with van der Waals surface area (Å²) in [7, 11) is -1.18. The third kappa shape index (κ3) is 3.23. The van der Waals surface area contributed by atoms with Gasteiger partial charge in [-0.1, -0.05) is 29.3 Å². The molecule has 0 aromatic heterocycles. The van der Waals surface area contributed by atoms with Crippen LogP contribution in [-0.4, -0.2) is 45.4 Å². The van der Waals surface area contributed by atoms with Crippen LogP contribution in [0.15, 0.2) is 18.2 Å². The second-order valence-electron chi connectivity index (χ2n) is 5.28. The zero-order chi connectivity index (χ0) is 16.5. The van der Waals surface area contributed by atoms with E-state index >= 15 is 0 Å². The molecule has 0 spiro atoms. The van der Waals surface area contributed by atoms with Gasteiger partial charge in [0.1, 0.15) is 0 Å². The van der Waals surface area contributed by atoms with Gasteiger partial charge in [-0.2, -0.15) is 4.31 Å². The van der Waals surface area contributed by atoms with Crippen molar-refractivity contribution in [1.29, 1.82) is 0 Å². The number of sulfonamides is 1. The molecule has 1 fully saturated rings. The van der Waals surface area contributed by atoms with Crippen molar-refractivity contribution in [2.24, 2.45) is 0 Å². The second-order valence-corrected chi connectivity index (χ2v) is 7.13. The van der Waals surface area contributed by atoms with Gasteiger partial charge in [0.05, 0.1) is 5.75 Å². The molecule has 1 aliphatic rings. The molecule has 2 rings (SSSR count). The Hall–Kier alpha value is -1.64. The Kier molecular flexibility index (Phi) is 4.74. The van der Waals surface area contributed by atoms with E-state index < -0.39 is 28.5 Å². The Balaban J connectivity index is 2.31. The number of hydrogen-bond donors (Lipinski definition) is 1. The fourth-order valence-electron chi connectivity index (χ4n) is 2.61. The molecule has 0 radical (unpaired) electrons. The molecule has 7 nitrogen and oxygen atoms in total. The Labute approximate surface area is 130 Å². The van der Waals surface area contributed by atoms with Gasteiger partial charge in [-0.25, -0.2) is 13.2 Å². The van der Waals surface area contributed by atoms with Crippen LogP contribution in [0.25, 0.3) is 0 Å². The monoisotopic (exact) mass is 328 g/mol. The molecule has 2 amide bonds. The predicted octanol–water partition coefficient (Wildman–Crippen LogP) is 1.10. The number of nitrogens with zero attached hydrogens (tertiary/aromatic N) is 1. The summed E-state index contributed by atoms with van der Waals surface area (Å²) in [6, 6.07) is 4.78. The number of carbonyl (C=O) groups excluding carboxylic acids is 1. The van der Waals surface area contributed by atoms with Crippen molar-refractivity contribution in [2.45, 2.75) is 32.1 Å². The van der Waals surface area contributed by atoms with Gasteiger partial charge >= 0.3 is 6.03 Å². The first-order chi connectivity index (χ1) is 10.3. The number of hydrogen-bond acceptors (Lipinski definition) is 5. The quantitative estimate of drug-likeness (QED) is 0.875. The number of methoxy groups -OCH3 is 2. The molecule has 0 unspecified atom stereocenters. The van der Waals surface area contributed by atoms with E-state index in [0.29, 0.717) is 9.87 Å². The van der Waals surface area contributed by atoms with Gasteiger partial charge in [0.25, 0.3) is 0 Å². The summed E-state index contributed by atoms with van der Waals surface area (Å²) in [6.45, 7) is 3.79. The van der Waals surface area contributed by atoms with Crippen molar-refractivity contribution in [3.8, 4) is 0 Å². The second kappa shape index (κ2) is 6.23. The maximum absolute atomic E-state index is 12.6. The number of ether oxygens (including phenoxy) is 2. The van der Waals surface area contributed by atoms with Crippen LogP contribution in [0.5, 0.6) is 0 Å². The lowest BCUT2D eigenvalue weighted by molar-refractivity contribution is -0.0580. The molecule has 1 aliphatic heterocycles. The molecule has 0 saturated carbocycles. The molecule has 1 aromatic carbocycles. The number of amides is 2. The number of urea groups is 1. The minimum Gasteiger partial charge on any atom is -0.357 e. The van der Waals surface area contributed by atoms with Gasteiger partial charge in [-0.05, 0) is 19.4 Å². The summed E-state index contributed by atoms with van der Waals surface area (Å²) in [5.74, 6) is -0.279. The summed E-state index contributed by atoms with van der Waals surface area (Å²) < 4.78 is 36.0. The van der Waals surface area contributed by atoms with Crippen molar-refractivity contribution in [3.63, 3.8) is 0 Å². The summed E-state index contributed by atoms with van der Waals surface area (Å²) in [4.78, 5) is 12.0. The SMILES string of the molecule is CO[C@H]1NC(=O)N(S(=O)(=O)Cc2cc(C)cc(C)c2)[C@@H]1OC. The topological polar surface area (TPSA) is 84.9 Å². The van der Waals surface area contributed by atoms with Gasteiger partial charge < -0.3 is 14.8 Å². The van der Waals surface area contributed by atoms with Crippen LogP contribution in [0.2, 0.25) is 0 Å². The summed E-state index contributed by atoms with van der Waals surface area (Å²) in [5, 5.41) is 2.43. The lowest BCUT2D eigenvalue weighted by Crippen LogP contribution is -2.43. The maximum Gasteiger partial charge on any atom is 0.335 e. The molecule has 1 aromatic rings. The van der Waals surface area contributed by atoms with E-state index in [0.717, 1.165) is 11.1 Å². The van der Waals surface area contributed by atoms with Gasteiger partial charge in [0.2, 0.25) is 10.0 Å². The molecule has 0 bridgehead atoms. The Morgan fingerprint density at radius 3 is 2.23 bits per heavy atom. The highest BCUT2D eigenvalue weighted by Crippen LogP contribution is 2.23. The molecule has 8 heteroatoms. The minimum absolute atomic E-state index is 0.279. The van der Waals surface area contributed by atoms with E-state index in [1.165, 1.54) is 14.2 Å². The maximum atomic E-state index is 12.6. The largest absolute Gasteiger partial charge is 0.357 e. The summed E-state index contributed by atoms with van der Waals surface area (Å²) >= 11 is 0. The smallest absolute Gasteiger partial charge is 0.335 e. The minimum atomic E-state index is -3.88. The van der Waals surface area contributed by atoms with Crippen LogP contribution in [0, 0.1) is 13.8 Å². The highest BCUT2D eigenvalue weighted by atomic mass is 32.2. The standard InChI is InChI=1S/C14H20N2O5S/c1-9-5-10(2)7-11(6-9)8-22(18,19)16-13(21-4)12(20-3)15-14(16)17/h5-7,12-13H,8H2,1-4H3,(H,15,17)/t12-,13-/m1/s1. The number of rotatable bonds is 5. The normalized spacial score (nSPS) is 22.0. The molecule has 122 valence electrons. The highest BCUT2D eigenvalue weighted by molar-refractivity contribution is 7.88. The summed E-state index contributed by atoms with van der Waals surface area (Å²) in [6.07, 6.45) is -1.85. The molecule has 1 heterocycles. The Morgan fingerprint density at radius 1 is 1.14 bits per heavy atom. The van der Waals surface area contributed by atoms with Gasteiger partial charge in [-0.15, -0.1) is 0 Å². The zero-order valence-corrected chi connectivity index (χ0v) is 13.8. The summed E-state index contributed by atoms with van der Waals surface area (Å²) in [5.41, 5.74) is 2.56. The molecule has 1 N–H and O–H groups in total. The molecule has 2 atom stereocenters. The Morgan fingerprint density at radius 2 is 1.73 bits per heavy atom. The lowest BCUT2D eigenvalue weighted by atomic mass is 10.1. The third-order valence-electron chi connectivity index (χ3n) is 3.38. The van der Waals surface area contributed by atoms with Crippen molar-refractivity contribution in [1.82, 2.24) is 9.62 Å². The molecule has 0 aliphatic carbocycles. The predicted molar refractivity (Wildman–Crippen MR) is 80.5 cm³/mol. The van der Waals surface area contributed by atoms with Crippen molar-refractivity contribution in [2.75, 3.05) is 14.2 Å². The Bertz CT molecular complexity index is 654. The van der Waals surface area contributed by atoms with Crippen LogP contribution in [0.1, 0.15) is 16.7 Å². The fraction of sp³-hybridized carbons (Fsp3) is 0.500. The van der Waals surface area contributed by atoms with Gasteiger partial charge in [-0.3, -0.25) is 0 Å². The van der Waals surface area contributed by atoms with Crippen molar-refractivity contribution in [3.05, 3.63) is 34.9 Å². The fourth-order valence-corrected chi connectivity index (χ4v) is 4.15. The van der Waals surface area contributed by atoms with Crippen molar-refractivity contribution >= 4 is 16.1 Å². The average molecular weight is 328 g/mol. The van der Waals surface area contributed by atoms with Crippen LogP contribution in [0.3, 0.4) is 0 Å². The van der Waals surface area contributed by atoms with Crippen LogP contribution in [0.4, 0.5) is 4.79 Å². The number of aryl methyl sites for hydroxylation is 2. The highest BCUT2D eigenvalue weighted by Gasteiger charge is 2.46. The average Bonchev–Trinajstić information content (AvgIpc) is 2.73. The first-order valence-electron chi connectivity index (χ1n) is 6.74. The molecular weight excluding hydrogens is 308 g/mol. The van der Waals surface area contributed by atoms with Crippen LogP contribution >= 0.6 is 0 Å². The zero-order valence-electron chi connectivity index (χ0n) is 13.0. The van der Waals surface area contributed by atoms with Crippen molar-refractivity contribution < 1.29 is 22.7 Å². The molecule has 22 heavy (non-hydrogen) atoms. The van der Waals surface area contributed by atoms with E-state index in [9.17, 15) is 13.2 Å². The van der Waals surface area contributed by atoms with Gasteiger partial charge in [0.15, 0.2) is 12.5 Å². The first kappa shape index (κ1) is 16.7. The van der Waals surface area contributed by atoms with Crippen LogP contribution < -0.4 is 5.32 Å². The van der Waals surface area contributed by atoms with E-state index in [1.807, 2.05) is 19.9 Å². The number of carbonyl (C=O) groups is 1. The molecular formula is C14H20N2O5S. The lowest BCUT2D eigenvalue weighted by Gasteiger charge is -2.23. The first-order valence-corrected chi connectivity index (χ1v) is 8.35.